The maximum Gasteiger partial charge on any atom is 0.174 e. The Morgan fingerprint density at radius 2 is 1.79 bits per heavy atom. The molecule has 4 aromatic rings. The zero-order valence-corrected chi connectivity index (χ0v) is 19.9. The fraction of sp³-hybridized carbons (Fsp3) is 0.222. The predicted octanol–water partition coefficient (Wildman–Crippen LogP) is 5.43. The van der Waals surface area contributed by atoms with E-state index in [0.29, 0.717) is 0 Å². The second-order valence-electron chi connectivity index (χ2n) is 8.61. The third kappa shape index (κ3) is 4.02. The third-order valence-electron chi connectivity index (χ3n) is 6.41. The van der Waals surface area contributed by atoms with Gasteiger partial charge in [0, 0.05) is 42.2 Å². The Labute approximate surface area is 200 Å². The van der Waals surface area contributed by atoms with E-state index in [4.69, 9.17) is 12.2 Å². The van der Waals surface area contributed by atoms with Crippen LogP contribution in [0.1, 0.15) is 45.9 Å². The van der Waals surface area contributed by atoms with Gasteiger partial charge in [0.1, 0.15) is 0 Å². The molecule has 1 N–H and O–H groups in total. The number of aromatic nitrogens is 3. The summed E-state index contributed by atoms with van der Waals surface area (Å²) in [6, 6.07) is 20.9. The minimum absolute atomic E-state index is 0.0102. The van der Waals surface area contributed by atoms with Crippen molar-refractivity contribution in [1.82, 2.24) is 19.9 Å². The molecular weight excluding hydrogens is 426 g/mol. The molecule has 0 spiro atoms. The topological polar surface area (TPSA) is 46.0 Å². The lowest BCUT2D eigenvalue weighted by Gasteiger charge is -2.28. The molecule has 5 nitrogen and oxygen atoms in total. The first-order chi connectivity index (χ1) is 16.0. The first kappa shape index (κ1) is 21.3. The summed E-state index contributed by atoms with van der Waals surface area (Å²) in [5, 5.41) is 4.28. The molecule has 2 atom stereocenters. The first-order valence-electron chi connectivity index (χ1n) is 11.2. The van der Waals surface area contributed by atoms with Gasteiger partial charge in [-0.1, -0.05) is 29.8 Å². The summed E-state index contributed by atoms with van der Waals surface area (Å²) < 4.78 is 2.36. The molecule has 3 aromatic heterocycles. The van der Waals surface area contributed by atoms with Crippen LogP contribution in [0.25, 0.3) is 0 Å². The van der Waals surface area contributed by atoms with Gasteiger partial charge in [-0.15, -0.1) is 0 Å². The third-order valence-corrected chi connectivity index (χ3v) is 6.72. The Balaban J connectivity index is 1.62. The smallest absolute Gasteiger partial charge is 0.174 e. The highest BCUT2D eigenvalue weighted by Gasteiger charge is 2.42. The standard InChI is InChI=1S/C27H27N5S/c1-18-9-11-22(12-10-18)32-26(25(30-27(32)33)24-8-4-5-14-29-24)23-15-19(2)31(20(23)3)17-21-7-6-13-28-16-21/h4-16,25-26H,17H2,1-3H3,(H,30,33)/t25-,26+/m1/s1. The van der Waals surface area contributed by atoms with Crippen LogP contribution in [0.4, 0.5) is 5.69 Å². The summed E-state index contributed by atoms with van der Waals surface area (Å²) in [6.07, 6.45) is 5.59. The molecule has 5 rings (SSSR count). The van der Waals surface area contributed by atoms with Crippen molar-refractivity contribution in [3.8, 4) is 0 Å². The number of anilines is 1. The lowest BCUT2D eigenvalue weighted by molar-refractivity contribution is 0.563. The van der Waals surface area contributed by atoms with Crippen LogP contribution in [0.15, 0.2) is 79.3 Å². The average molecular weight is 454 g/mol. The maximum absolute atomic E-state index is 5.87. The number of pyridine rings is 2. The number of benzene rings is 1. The van der Waals surface area contributed by atoms with Crippen LogP contribution in [0.2, 0.25) is 0 Å². The van der Waals surface area contributed by atoms with Crippen molar-refractivity contribution in [1.29, 1.82) is 0 Å². The molecule has 0 amide bonds. The lowest BCUT2D eigenvalue weighted by Crippen LogP contribution is -2.29. The molecule has 0 radical (unpaired) electrons. The van der Waals surface area contributed by atoms with Crippen molar-refractivity contribution in [2.45, 2.75) is 39.4 Å². The zero-order chi connectivity index (χ0) is 22.9. The van der Waals surface area contributed by atoms with E-state index in [1.165, 1.54) is 28.1 Å². The molecule has 4 heterocycles. The molecule has 0 unspecified atom stereocenters. The van der Waals surface area contributed by atoms with Crippen molar-refractivity contribution in [2.75, 3.05) is 4.90 Å². The fourth-order valence-electron chi connectivity index (χ4n) is 4.70. The molecule has 6 heteroatoms. The summed E-state index contributed by atoms with van der Waals surface area (Å²) in [6.45, 7) is 7.25. The van der Waals surface area contributed by atoms with Gasteiger partial charge in [0.25, 0.3) is 0 Å². The van der Waals surface area contributed by atoms with Crippen molar-refractivity contribution >= 4 is 23.0 Å². The van der Waals surface area contributed by atoms with Crippen molar-refractivity contribution in [3.63, 3.8) is 0 Å². The Kier molecular flexibility index (Phi) is 5.68. The summed E-state index contributed by atoms with van der Waals surface area (Å²) in [5.74, 6) is 0. The number of hydrogen-bond acceptors (Lipinski definition) is 3. The molecule has 1 aliphatic heterocycles. The fourth-order valence-corrected chi connectivity index (χ4v) is 5.05. The normalized spacial score (nSPS) is 17.9. The van der Waals surface area contributed by atoms with Crippen molar-refractivity contribution in [3.05, 3.63) is 113 Å². The second-order valence-corrected chi connectivity index (χ2v) is 8.99. The van der Waals surface area contributed by atoms with Crippen LogP contribution in [0.3, 0.4) is 0 Å². The van der Waals surface area contributed by atoms with E-state index in [1.54, 1.807) is 0 Å². The first-order valence-corrected chi connectivity index (χ1v) is 11.6. The van der Waals surface area contributed by atoms with Crippen LogP contribution in [-0.2, 0) is 6.54 Å². The van der Waals surface area contributed by atoms with E-state index < -0.39 is 0 Å². The van der Waals surface area contributed by atoms with Gasteiger partial charge < -0.3 is 14.8 Å². The molecule has 0 aliphatic carbocycles. The Bertz CT molecular complexity index is 1270. The molecule has 166 valence electrons. The SMILES string of the molecule is Cc1ccc(N2C(=S)N[C@H](c3ccccn3)[C@@H]2c2cc(C)n(Cc3cccnc3)c2C)cc1. The zero-order valence-electron chi connectivity index (χ0n) is 19.1. The van der Waals surface area contributed by atoms with Crippen LogP contribution in [0, 0.1) is 20.8 Å². The Morgan fingerprint density at radius 1 is 0.970 bits per heavy atom. The molecule has 1 saturated heterocycles. The molecule has 33 heavy (non-hydrogen) atoms. The van der Waals surface area contributed by atoms with Gasteiger partial charge in [-0.3, -0.25) is 9.97 Å². The van der Waals surface area contributed by atoms with E-state index in [2.05, 4.69) is 88.0 Å². The van der Waals surface area contributed by atoms with E-state index in [0.717, 1.165) is 23.0 Å². The molecular formula is C27H27N5S. The molecule has 1 aliphatic rings. The summed E-state index contributed by atoms with van der Waals surface area (Å²) in [5.41, 5.74) is 8.17. The number of rotatable bonds is 5. The van der Waals surface area contributed by atoms with E-state index in [-0.39, 0.29) is 12.1 Å². The quantitative estimate of drug-likeness (QED) is 0.408. The van der Waals surface area contributed by atoms with Crippen LogP contribution in [0.5, 0.6) is 0 Å². The number of thiocarbonyl (C=S) groups is 1. The van der Waals surface area contributed by atoms with E-state index >= 15 is 0 Å². The van der Waals surface area contributed by atoms with Gasteiger partial charge in [0.2, 0.25) is 0 Å². The van der Waals surface area contributed by atoms with Gasteiger partial charge in [0.15, 0.2) is 5.11 Å². The summed E-state index contributed by atoms with van der Waals surface area (Å²) in [7, 11) is 0. The Morgan fingerprint density at radius 3 is 2.48 bits per heavy atom. The molecule has 1 aromatic carbocycles. The van der Waals surface area contributed by atoms with Crippen LogP contribution >= 0.6 is 12.2 Å². The largest absolute Gasteiger partial charge is 0.351 e. The van der Waals surface area contributed by atoms with Gasteiger partial charge in [-0.2, -0.15) is 0 Å². The van der Waals surface area contributed by atoms with Gasteiger partial charge >= 0.3 is 0 Å². The molecule has 0 bridgehead atoms. The highest BCUT2D eigenvalue weighted by atomic mass is 32.1. The Hall–Kier alpha value is -3.51. The highest BCUT2D eigenvalue weighted by Crippen LogP contribution is 2.43. The minimum Gasteiger partial charge on any atom is -0.351 e. The number of nitrogens with one attached hydrogen (secondary N) is 1. The summed E-state index contributed by atoms with van der Waals surface area (Å²) in [4.78, 5) is 11.2. The van der Waals surface area contributed by atoms with E-state index in [9.17, 15) is 0 Å². The number of aryl methyl sites for hydroxylation is 2. The second kappa shape index (κ2) is 8.79. The predicted molar refractivity (Wildman–Crippen MR) is 136 cm³/mol. The van der Waals surface area contributed by atoms with Gasteiger partial charge in [0.05, 0.1) is 17.8 Å². The maximum atomic E-state index is 5.87. The van der Waals surface area contributed by atoms with Crippen molar-refractivity contribution in [2.24, 2.45) is 0 Å². The summed E-state index contributed by atoms with van der Waals surface area (Å²) >= 11 is 5.87. The monoisotopic (exact) mass is 453 g/mol. The number of nitrogens with zero attached hydrogens (tertiary/aromatic N) is 4. The lowest BCUT2D eigenvalue weighted by atomic mass is 9.96. The van der Waals surface area contributed by atoms with Crippen LogP contribution < -0.4 is 10.2 Å². The molecule has 1 fully saturated rings. The highest BCUT2D eigenvalue weighted by molar-refractivity contribution is 7.80. The van der Waals surface area contributed by atoms with Crippen LogP contribution in [-0.4, -0.2) is 19.6 Å². The van der Waals surface area contributed by atoms with E-state index in [1.807, 2.05) is 36.8 Å². The van der Waals surface area contributed by atoms with Crippen molar-refractivity contribution < 1.29 is 0 Å². The minimum atomic E-state index is -0.0488. The molecule has 0 saturated carbocycles. The average Bonchev–Trinajstić information content (AvgIpc) is 3.32. The van der Waals surface area contributed by atoms with Gasteiger partial charge in [-0.25, -0.2) is 0 Å². The number of hydrogen-bond donors (Lipinski definition) is 1. The van der Waals surface area contributed by atoms with Gasteiger partial charge in [-0.05, 0) is 80.5 Å².